The van der Waals surface area contributed by atoms with Gasteiger partial charge < -0.3 is 0 Å². The first-order valence-electron chi connectivity index (χ1n) is 19.4. The molecule has 0 fully saturated rings. The molecule has 0 amide bonds. The van der Waals surface area contributed by atoms with Crippen molar-refractivity contribution in [2.45, 2.75) is 19.3 Å². The van der Waals surface area contributed by atoms with Crippen molar-refractivity contribution in [1.29, 1.82) is 0 Å². The second-order valence-corrected chi connectivity index (χ2v) is 14.8. The Morgan fingerprint density at radius 2 is 0.877 bits per heavy atom. The van der Waals surface area contributed by atoms with Gasteiger partial charge in [-0.05, 0) is 93.7 Å². The van der Waals surface area contributed by atoms with E-state index in [4.69, 9.17) is 15.0 Å². The maximum Gasteiger partial charge on any atom is 0.164 e. The topological polar surface area (TPSA) is 51.6 Å². The van der Waals surface area contributed by atoms with Gasteiger partial charge in [0.15, 0.2) is 17.5 Å². The van der Waals surface area contributed by atoms with E-state index in [9.17, 15) is 0 Å². The summed E-state index contributed by atoms with van der Waals surface area (Å²) in [4.78, 5) is 19.8. The van der Waals surface area contributed by atoms with Gasteiger partial charge in [0.1, 0.15) is 0 Å². The molecule has 0 bridgehead atoms. The Hall–Kier alpha value is -7.30. The summed E-state index contributed by atoms with van der Waals surface area (Å²) in [6.45, 7) is 4.20. The summed E-state index contributed by atoms with van der Waals surface area (Å²) in [7, 11) is 0. The lowest BCUT2D eigenvalue weighted by molar-refractivity contribution is 0.769. The monoisotopic (exact) mass is 730 g/mol. The smallest absolute Gasteiger partial charge is 0.164 e. The largest absolute Gasteiger partial charge is 0.261 e. The molecular weight excluding hydrogens is 693 g/mol. The first kappa shape index (κ1) is 34.2. The average Bonchev–Trinajstić information content (AvgIpc) is 3.58. The van der Waals surface area contributed by atoms with Gasteiger partial charge in [-0.2, -0.15) is 0 Å². The van der Waals surface area contributed by atoms with Crippen molar-refractivity contribution in [1.82, 2.24) is 19.9 Å². The first-order valence-corrected chi connectivity index (χ1v) is 19.4. The second kappa shape index (κ2) is 14.1. The molecule has 57 heavy (non-hydrogen) atoms. The van der Waals surface area contributed by atoms with E-state index < -0.39 is 5.41 Å². The van der Waals surface area contributed by atoms with Crippen LogP contribution in [0.2, 0.25) is 0 Å². The Morgan fingerprint density at radius 1 is 0.351 bits per heavy atom. The summed E-state index contributed by atoms with van der Waals surface area (Å²) in [5, 5.41) is 0. The zero-order chi connectivity index (χ0) is 38.3. The summed E-state index contributed by atoms with van der Waals surface area (Å²) in [6.07, 6.45) is 1.99. The minimum atomic E-state index is -0.619. The van der Waals surface area contributed by atoms with Gasteiger partial charge in [-0.15, -0.1) is 0 Å². The van der Waals surface area contributed by atoms with E-state index >= 15 is 0 Å². The molecule has 9 aromatic rings. The fourth-order valence-corrected chi connectivity index (χ4v) is 8.63. The molecule has 0 radical (unpaired) electrons. The Labute approximate surface area is 333 Å². The third-order valence-corrected chi connectivity index (χ3v) is 11.3. The molecule has 0 spiro atoms. The van der Waals surface area contributed by atoms with Crippen LogP contribution in [-0.2, 0) is 5.41 Å². The Bertz CT molecular complexity index is 2860. The van der Waals surface area contributed by atoms with Gasteiger partial charge in [-0.1, -0.05) is 164 Å². The number of aryl methyl sites for hydroxylation is 2. The fourth-order valence-electron chi connectivity index (χ4n) is 8.63. The summed E-state index contributed by atoms with van der Waals surface area (Å²) in [5.41, 5.74) is 16.4. The number of pyridine rings is 1. The van der Waals surface area contributed by atoms with Crippen LogP contribution in [0.4, 0.5) is 0 Å². The van der Waals surface area contributed by atoms with Gasteiger partial charge in [0, 0.05) is 34.1 Å². The van der Waals surface area contributed by atoms with E-state index in [-0.39, 0.29) is 0 Å². The number of benzene rings is 7. The highest BCUT2D eigenvalue weighted by Gasteiger charge is 2.46. The molecule has 1 aliphatic rings. The molecule has 2 heterocycles. The van der Waals surface area contributed by atoms with Crippen LogP contribution in [0.25, 0.3) is 67.5 Å². The summed E-state index contributed by atoms with van der Waals surface area (Å²) >= 11 is 0. The van der Waals surface area contributed by atoms with Crippen LogP contribution in [0.1, 0.15) is 33.5 Å². The maximum absolute atomic E-state index is 5.12. The number of aromatic nitrogens is 4. The molecule has 0 aliphatic heterocycles. The molecule has 4 heteroatoms. The lowest BCUT2D eigenvalue weighted by Gasteiger charge is -2.34. The summed E-state index contributed by atoms with van der Waals surface area (Å²) < 4.78 is 0. The van der Waals surface area contributed by atoms with E-state index in [2.05, 4.69) is 139 Å². The van der Waals surface area contributed by atoms with E-state index in [0.29, 0.717) is 17.5 Å². The minimum Gasteiger partial charge on any atom is -0.261 e. The number of hydrogen-bond acceptors (Lipinski definition) is 4. The van der Waals surface area contributed by atoms with Crippen molar-refractivity contribution in [2.75, 3.05) is 0 Å². The van der Waals surface area contributed by atoms with Crippen LogP contribution in [0.5, 0.6) is 0 Å². The van der Waals surface area contributed by atoms with Crippen molar-refractivity contribution >= 4 is 0 Å². The first-order chi connectivity index (χ1) is 28.1. The van der Waals surface area contributed by atoms with Crippen molar-refractivity contribution in [3.63, 3.8) is 0 Å². The predicted molar refractivity (Wildman–Crippen MR) is 232 cm³/mol. The Morgan fingerprint density at radius 3 is 1.58 bits per heavy atom. The Balaban J connectivity index is 1.19. The van der Waals surface area contributed by atoms with Gasteiger partial charge in [0.05, 0.1) is 5.41 Å². The Kier molecular flexibility index (Phi) is 8.45. The minimum absolute atomic E-state index is 0.619. The predicted octanol–water partition coefficient (Wildman–Crippen LogP) is 12.6. The summed E-state index contributed by atoms with van der Waals surface area (Å²) in [6, 6.07) is 66.9. The number of rotatable bonds is 7. The molecule has 4 nitrogen and oxygen atoms in total. The number of hydrogen-bond donors (Lipinski definition) is 0. The highest BCUT2D eigenvalue weighted by molar-refractivity contribution is 5.89. The van der Waals surface area contributed by atoms with Crippen LogP contribution in [0.3, 0.4) is 0 Å². The van der Waals surface area contributed by atoms with Gasteiger partial charge in [0.2, 0.25) is 0 Å². The zero-order valence-corrected chi connectivity index (χ0v) is 31.8. The van der Waals surface area contributed by atoms with Crippen LogP contribution >= 0.6 is 0 Å². The molecule has 2 aromatic heterocycles. The quantitative estimate of drug-likeness (QED) is 0.164. The molecule has 0 N–H and O–H groups in total. The van der Waals surface area contributed by atoms with Crippen molar-refractivity contribution in [2.24, 2.45) is 0 Å². The van der Waals surface area contributed by atoms with Crippen LogP contribution < -0.4 is 0 Å². The lowest BCUT2D eigenvalue weighted by atomic mass is 9.67. The third kappa shape index (κ3) is 5.94. The maximum atomic E-state index is 5.12. The number of fused-ring (bicyclic) bond motifs is 3. The van der Waals surface area contributed by atoms with E-state index in [1.54, 1.807) is 0 Å². The third-order valence-electron chi connectivity index (χ3n) is 11.3. The SMILES string of the molecule is Cc1cc(C)c(-c2cccc(-c3ccc4c(c3)C(c3ccccc3)(c3cccc(-c5nc(-c6ccccc6)nc(-c6ccccc6)n5)c3)c3ccccc3-4)c2)cn1. The van der Waals surface area contributed by atoms with E-state index in [1.807, 2.05) is 73.8 Å². The van der Waals surface area contributed by atoms with E-state index in [1.165, 1.54) is 33.4 Å². The number of nitrogens with zero attached hydrogens (tertiary/aromatic N) is 4. The molecule has 10 rings (SSSR count). The van der Waals surface area contributed by atoms with Crippen LogP contribution in [-0.4, -0.2) is 19.9 Å². The fraction of sp³-hybridized carbons (Fsp3) is 0.0566. The van der Waals surface area contributed by atoms with Crippen LogP contribution in [0, 0.1) is 13.8 Å². The summed E-state index contributed by atoms with van der Waals surface area (Å²) in [5.74, 6) is 1.91. The standard InChI is InChI=1S/C53H38N4/c1-35-30-36(2)54-34-47(35)41-21-14-20-39(31-41)40-28-29-46-45-26-12-13-27-48(45)53(49(46)33-40,43-23-10-5-11-24-43)44-25-15-22-42(32-44)52-56-50(37-16-6-3-7-17-37)55-51(57-52)38-18-8-4-9-19-38/h3-34H,1-2H3. The van der Waals surface area contributed by atoms with Crippen LogP contribution in [0.15, 0.2) is 194 Å². The second-order valence-electron chi connectivity index (χ2n) is 14.8. The van der Waals surface area contributed by atoms with Gasteiger partial charge in [-0.3, -0.25) is 4.98 Å². The zero-order valence-electron chi connectivity index (χ0n) is 31.8. The normalized spacial score (nSPS) is 14.2. The van der Waals surface area contributed by atoms with Gasteiger partial charge in [0.25, 0.3) is 0 Å². The molecule has 270 valence electrons. The molecule has 0 saturated heterocycles. The molecule has 7 aromatic carbocycles. The van der Waals surface area contributed by atoms with E-state index in [0.717, 1.165) is 50.2 Å². The molecular formula is C53H38N4. The van der Waals surface area contributed by atoms with Gasteiger partial charge >= 0.3 is 0 Å². The molecule has 1 unspecified atom stereocenters. The highest BCUT2D eigenvalue weighted by atomic mass is 15.0. The molecule has 0 saturated carbocycles. The average molecular weight is 731 g/mol. The van der Waals surface area contributed by atoms with Crippen molar-refractivity contribution < 1.29 is 0 Å². The molecule has 1 aliphatic carbocycles. The van der Waals surface area contributed by atoms with Crippen molar-refractivity contribution in [3.05, 3.63) is 228 Å². The lowest BCUT2D eigenvalue weighted by Crippen LogP contribution is -2.28. The van der Waals surface area contributed by atoms with Gasteiger partial charge in [-0.25, -0.2) is 15.0 Å². The van der Waals surface area contributed by atoms with Crippen molar-refractivity contribution in [3.8, 4) is 67.5 Å². The molecule has 1 atom stereocenters. The highest BCUT2D eigenvalue weighted by Crippen LogP contribution is 2.57.